The second kappa shape index (κ2) is 4.82. The number of nitrogens with zero attached hydrogens (tertiary/aromatic N) is 2. The molecule has 0 amide bonds. The molecule has 3 N–H and O–H groups in total. The van der Waals surface area contributed by atoms with Gasteiger partial charge < -0.3 is 11.1 Å². The highest BCUT2D eigenvalue weighted by Crippen LogP contribution is 2.21. The Morgan fingerprint density at radius 1 is 1.24 bits per heavy atom. The molecule has 0 radical (unpaired) electrons. The molecular weight excluding hydrogens is 212 g/mol. The van der Waals surface area contributed by atoms with Gasteiger partial charge in [0.05, 0.1) is 0 Å². The highest BCUT2D eigenvalue weighted by Gasteiger charge is 2.03. The molecule has 1 aromatic carbocycles. The molecule has 1 aromatic heterocycles. The molecule has 0 fully saturated rings. The molecule has 2 aromatic rings. The number of benzene rings is 1. The van der Waals surface area contributed by atoms with Crippen molar-refractivity contribution in [3.05, 3.63) is 41.7 Å². The van der Waals surface area contributed by atoms with E-state index >= 15 is 0 Å². The van der Waals surface area contributed by atoms with E-state index in [0.717, 1.165) is 12.1 Å². The van der Waals surface area contributed by atoms with E-state index < -0.39 is 0 Å². The highest BCUT2D eigenvalue weighted by atomic mass is 15.0. The van der Waals surface area contributed by atoms with Crippen LogP contribution in [0.3, 0.4) is 0 Å². The van der Waals surface area contributed by atoms with Gasteiger partial charge >= 0.3 is 0 Å². The molecule has 0 aliphatic carbocycles. The second-order valence-electron chi connectivity index (χ2n) is 3.91. The van der Waals surface area contributed by atoms with E-state index in [1.807, 2.05) is 6.07 Å². The van der Waals surface area contributed by atoms with Crippen LogP contribution in [0.4, 0.5) is 17.3 Å². The van der Waals surface area contributed by atoms with Gasteiger partial charge in [-0.05, 0) is 36.6 Å². The summed E-state index contributed by atoms with van der Waals surface area (Å²) in [5.41, 5.74) is 9.33. The van der Waals surface area contributed by atoms with E-state index in [-0.39, 0.29) is 0 Å². The zero-order valence-corrected chi connectivity index (χ0v) is 10.1. The smallest absolute Gasteiger partial charge is 0.173 e. The van der Waals surface area contributed by atoms with Gasteiger partial charge in [-0.15, -0.1) is 0 Å². The van der Waals surface area contributed by atoms with Crippen molar-refractivity contribution in [3.63, 3.8) is 0 Å². The van der Waals surface area contributed by atoms with Crippen LogP contribution in [-0.4, -0.2) is 9.97 Å². The summed E-state index contributed by atoms with van der Waals surface area (Å²) in [5, 5.41) is 3.18. The first-order chi connectivity index (χ1) is 8.20. The molecule has 0 saturated heterocycles. The summed E-state index contributed by atoms with van der Waals surface area (Å²) in [6.07, 6.45) is 4.21. The molecule has 4 nitrogen and oxygen atoms in total. The largest absolute Gasteiger partial charge is 0.381 e. The summed E-state index contributed by atoms with van der Waals surface area (Å²) in [6, 6.07) is 6.22. The van der Waals surface area contributed by atoms with Crippen molar-refractivity contribution in [1.29, 1.82) is 0 Å². The first-order valence-corrected chi connectivity index (χ1v) is 5.63. The monoisotopic (exact) mass is 228 g/mol. The Hall–Kier alpha value is -2.10. The third kappa shape index (κ3) is 2.53. The van der Waals surface area contributed by atoms with Crippen molar-refractivity contribution in [2.24, 2.45) is 0 Å². The number of rotatable bonds is 3. The maximum Gasteiger partial charge on any atom is 0.173 e. The van der Waals surface area contributed by atoms with Gasteiger partial charge in [-0.25, -0.2) is 9.97 Å². The minimum atomic E-state index is 0.408. The molecule has 0 saturated carbocycles. The normalized spacial score (nSPS) is 10.2. The van der Waals surface area contributed by atoms with Gasteiger partial charge in [0.25, 0.3) is 0 Å². The molecule has 0 aliphatic rings. The molecule has 0 spiro atoms. The predicted molar refractivity (Wildman–Crippen MR) is 70.3 cm³/mol. The third-order valence-corrected chi connectivity index (χ3v) is 2.72. The van der Waals surface area contributed by atoms with E-state index in [4.69, 9.17) is 5.73 Å². The van der Waals surface area contributed by atoms with Crippen LogP contribution in [0.2, 0.25) is 0 Å². The van der Waals surface area contributed by atoms with Crippen LogP contribution in [0.15, 0.2) is 30.6 Å². The quantitative estimate of drug-likeness (QED) is 0.847. The Morgan fingerprint density at radius 2 is 2.00 bits per heavy atom. The summed E-state index contributed by atoms with van der Waals surface area (Å²) in [7, 11) is 0. The standard InChI is InChI=1S/C13H16N4/c1-3-10-8-11(5-4-9(10)2)17-13-12(14)15-6-7-16-13/h4-8H,3H2,1-2H3,(H2,14,15)(H,16,17). The zero-order chi connectivity index (χ0) is 12.3. The van der Waals surface area contributed by atoms with Gasteiger partial charge in [-0.2, -0.15) is 0 Å². The molecule has 2 rings (SSSR count). The van der Waals surface area contributed by atoms with E-state index in [2.05, 4.69) is 41.3 Å². The fraction of sp³-hybridized carbons (Fsp3) is 0.231. The summed E-state index contributed by atoms with van der Waals surface area (Å²) >= 11 is 0. The third-order valence-electron chi connectivity index (χ3n) is 2.72. The molecule has 0 atom stereocenters. The van der Waals surface area contributed by atoms with Crippen LogP contribution in [0.5, 0.6) is 0 Å². The van der Waals surface area contributed by atoms with Gasteiger partial charge in [0, 0.05) is 18.1 Å². The van der Waals surface area contributed by atoms with Crippen LogP contribution >= 0.6 is 0 Å². The Labute approximate surface area is 101 Å². The van der Waals surface area contributed by atoms with Crippen LogP contribution < -0.4 is 11.1 Å². The predicted octanol–water partition coefficient (Wildman–Crippen LogP) is 2.67. The molecule has 4 heteroatoms. The molecule has 0 unspecified atom stereocenters. The van der Waals surface area contributed by atoms with Crippen molar-refractivity contribution in [2.45, 2.75) is 20.3 Å². The van der Waals surface area contributed by atoms with E-state index in [1.165, 1.54) is 11.1 Å². The molecule has 0 bridgehead atoms. The summed E-state index contributed by atoms with van der Waals surface area (Å²) < 4.78 is 0. The number of hydrogen-bond donors (Lipinski definition) is 2. The van der Waals surface area contributed by atoms with Gasteiger partial charge in [0.15, 0.2) is 11.6 Å². The minimum Gasteiger partial charge on any atom is -0.381 e. The Balaban J connectivity index is 2.28. The van der Waals surface area contributed by atoms with E-state index in [1.54, 1.807) is 12.4 Å². The van der Waals surface area contributed by atoms with Crippen molar-refractivity contribution in [1.82, 2.24) is 9.97 Å². The lowest BCUT2D eigenvalue weighted by Gasteiger charge is -2.10. The summed E-state index contributed by atoms with van der Waals surface area (Å²) in [4.78, 5) is 8.14. The van der Waals surface area contributed by atoms with Crippen LogP contribution in [0.1, 0.15) is 18.1 Å². The maximum absolute atomic E-state index is 5.73. The van der Waals surface area contributed by atoms with Crippen molar-refractivity contribution < 1.29 is 0 Å². The molecule has 88 valence electrons. The van der Waals surface area contributed by atoms with Crippen LogP contribution in [0.25, 0.3) is 0 Å². The van der Waals surface area contributed by atoms with Crippen molar-refractivity contribution in [2.75, 3.05) is 11.1 Å². The van der Waals surface area contributed by atoms with Crippen molar-refractivity contribution >= 4 is 17.3 Å². The van der Waals surface area contributed by atoms with Crippen LogP contribution in [-0.2, 0) is 6.42 Å². The first-order valence-electron chi connectivity index (χ1n) is 5.63. The second-order valence-corrected chi connectivity index (χ2v) is 3.91. The lowest BCUT2D eigenvalue weighted by atomic mass is 10.1. The number of aromatic nitrogens is 2. The fourth-order valence-corrected chi connectivity index (χ4v) is 1.71. The van der Waals surface area contributed by atoms with Gasteiger partial charge in [-0.1, -0.05) is 13.0 Å². The van der Waals surface area contributed by atoms with E-state index in [0.29, 0.717) is 11.6 Å². The zero-order valence-electron chi connectivity index (χ0n) is 10.1. The number of nitrogen functional groups attached to an aromatic ring is 1. The fourth-order valence-electron chi connectivity index (χ4n) is 1.71. The average molecular weight is 228 g/mol. The van der Waals surface area contributed by atoms with Gasteiger partial charge in [0.2, 0.25) is 0 Å². The van der Waals surface area contributed by atoms with Gasteiger partial charge in [0.1, 0.15) is 0 Å². The number of nitrogens with one attached hydrogen (secondary N) is 1. The average Bonchev–Trinajstić information content (AvgIpc) is 2.34. The molecular formula is C13H16N4. The summed E-state index contributed by atoms with van der Waals surface area (Å²) in [6.45, 7) is 4.25. The maximum atomic E-state index is 5.73. The topological polar surface area (TPSA) is 63.8 Å². The molecule has 0 aliphatic heterocycles. The van der Waals surface area contributed by atoms with Crippen LogP contribution in [0, 0.1) is 6.92 Å². The molecule has 1 heterocycles. The van der Waals surface area contributed by atoms with Gasteiger partial charge in [-0.3, -0.25) is 0 Å². The number of anilines is 3. The van der Waals surface area contributed by atoms with E-state index in [9.17, 15) is 0 Å². The number of aryl methyl sites for hydroxylation is 2. The Kier molecular flexibility index (Phi) is 3.23. The highest BCUT2D eigenvalue weighted by molar-refractivity contribution is 5.65. The number of nitrogens with two attached hydrogens (primary N) is 1. The number of hydrogen-bond acceptors (Lipinski definition) is 4. The molecule has 17 heavy (non-hydrogen) atoms. The Morgan fingerprint density at radius 3 is 2.71 bits per heavy atom. The minimum absolute atomic E-state index is 0.408. The Bertz CT molecular complexity index is 523. The SMILES string of the molecule is CCc1cc(Nc2nccnc2N)ccc1C. The first kappa shape index (κ1) is 11.4. The summed E-state index contributed by atoms with van der Waals surface area (Å²) in [5.74, 6) is 1.00. The van der Waals surface area contributed by atoms with Crippen molar-refractivity contribution in [3.8, 4) is 0 Å². The lowest BCUT2D eigenvalue weighted by Crippen LogP contribution is -2.01. The lowest BCUT2D eigenvalue weighted by molar-refractivity contribution is 1.11.